The molecule has 0 heterocycles. The Balaban J connectivity index is 2.56. The Morgan fingerprint density at radius 1 is 1.25 bits per heavy atom. The third-order valence-corrected chi connectivity index (χ3v) is 6.06. The van der Waals surface area contributed by atoms with Crippen LogP contribution in [0.1, 0.15) is 5.56 Å². The van der Waals surface area contributed by atoms with Crippen LogP contribution in [0.2, 0.25) is 10.0 Å². The number of nitriles is 1. The predicted molar refractivity (Wildman–Crippen MR) is 97.9 cm³/mol. The number of halogens is 3. The van der Waals surface area contributed by atoms with E-state index in [0.717, 1.165) is 0 Å². The number of benzene rings is 2. The van der Waals surface area contributed by atoms with Gasteiger partial charge in [0.1, 0.15) is 16.7 Å². The van der Waals surface area contributed by atoms with Crippen molar-refractivity contribution in [3.05, 3.63) is 61.4 Å². The summed E-state index contributed by atoms with van der Waals surface area (Å²) in [5, 5.41) is 9.51. The molecule has 2 rings (SSSR count). The Morgan fingerprint density at radius 3 is 2.54 bits per heavy atom. The van der Waals surface area contributed by atoms with Gasteiger partial charge in [-0.2, -0.15) is 5.26 Å². The molecule has 24 heavy (non-hydrogen) atoms. The van der Waals surface area contributed by atoms with Crippen molar-refractivity contribution in [3.63, 3.8) is 0 Å². The van der Waals surface area contributed by atoms with Gasteiger partial charge in [-0.1, -0.05) is 29.3 Å². The Morgan fingerprint density at radius 2 is 1.96 bits per heavy atom. The van der Waals surface area contributed by atoms with Crippen LogP contribution in [0.4, 0.5) is 0 Å². The van der Waals surface area contributed by atoms with E-state index in [0.29, 0.717) is 15.8 Å². The van der Waals surface area contributed by atoms with Crippen molar-refractivity contribution >= 4 is 55.0 Å². The summed E-state index contributed by atoms with van der Waals surface area (Å²) in [5.41, 5.74) is 0.515. The van der Waals surface area contributed by atoms with Crippen molar-refractivity contribution in [2.75, 3.05) is 7.11 Å². The minimum atomic E-state index is -4.09. The maximum absolute atomic E-state index is 12.7. The molecule has 0 aromatic heterocycles. The molecule has 2 aromatic rings. The van der Waals surface area contributed by atoms with Gasteiger partial charge in [0.15, 0.2) is 0 Å². The van der Waals surface area contributed by atoms with Crippen molar-refractivity contribution < 1.29 is 13.2 Å². The van der Waals surface area contributed by atoms with Gasteiger partial charge in [-0.05, 0) is 57.9 Å². The fourth-order valence-electron chi connectivity index (χ4n) is 1.90. The first-order valence-electron chi connectivity index (χ1n) is 6.45. The summed E-state index contributed by atoms with van der Waals surface area (Å²) in [6.07, 6.45) is 1.26. The zero-order valence-corrected chi connectivity index (χ0v) is 16.2. The van der Waals surface area contributed by atoms with Gasteiger partial charge in [0.05, 0.1) is 21.5 Å². The lowest BCUT2D eigenvalue weighted by Gasteiger charge is -2.07. The van der Waals surface area contributed by atoms with E-state index in [1.54, 1.807) is 24.3 Å². The number of methoxy groups -OCH3 is 1. The van der Waals surface area contributed by atoms with E-state index in [-0.39, 0.29) is 14.9 Å². The van der Waals surface area contributed by atoms with Crippen LogP contribution in [0.5, 0.6) is 5.75 Å². The van der Waals surface area contributed by atoms with Crippen LogP contribution < -0.4 is 4.74 Å². The van der Waals surface area contributed by atoms with E-state index < -0.39 is 14.7 Å². The van der Waals surface area contributed by atoms with Gasteiger partial charge in [-0.3, -0.25) is 0 Å². The first-order valence-corrected chi connectivity index (χ1v) is 9.48. The molecule has 0 amide bonds. The number of sulfone groups is 1. The topological polar surface area (TPSA) is 67.2 Å². The summed E-state index contributed by atoms with van der Waals surface area (Å²) in [6.45, 7) is 0. The fraction of sp³-hybridized carbons (Fsp3) is 0.0625. The molecule has 124 valence electrons. The van der Waals surface area contributed by atoms with Crippen molar-refractivity contribution in [2.24, 2.45) is 0 Å². The molecule has 0 saturated carbocycles. The van der Waals surface area contributed by atoms with Crippen LogP contribution in [-0.4, -0.2) is 15.5 Å². The highest BCUT2D eigenvalue weighted by Gasteiger charge is 2.24. The molecule has 0 aliphatic heterocycles. The molecule has 8 heteroatoms. The highest BCUT2D eigenvalue weighted by Crippen LogP contribution is 2.31. The van der Waals surface area contributed by atoms with Crippen molar-refractivity contribution in [2.45, 2.75) is 4.90 Å². The van der Waals surface area contributed by atoms with E-state index in [1.807, 2.05) is 0 Å². The van der Waals surface area contributed by atoms with Gasteiger partial charge in [0.25, 0.3) is 0 Å². The van der Waals surface area contributed by atoms with E-state index in [4.69, 9.17) is 27.9 Å². The second kappa shape index (κ2) is 7.58. The van der Waals surface area contributed by atoms with Crippen LogP contribution in [0, 0.1) is 11.3 Å². The van der Waals surface area contributed by atoms with Crippen LogP contribution in [-0.2, 0) is 9.84 Å². The smallest absolute Gasteiger partial charge is 0.218 e. The van der Waals surface area contributed by atoms with Crippen LogP contribution in [0.15, 0.2) is 50.7 Å². The number of hydrogen-bond donors (Lipinski definition) is 0. The van der Waals surface area contributed by atoms with Crippen molar-refractivity contribution in [3.8, 4) is 11.8 Å². The number of ether oxygens (including phenoxy) is 1. The standard InChI is InChI=1S/C16H10BrCl2NO3S/c1-23-15-5-2-10(7-13(15)17)6-12(9-20)24(21,22)16-8-11(18)3-4-14(16)19/h2-8H,1H3/b12-6+. The Labute approximate surface area is 158 Å². The SMILES string of the molecule is COc1ccc(/C=C(\C#N)S(=O)(=O)c2cc(Cl)ccc2Cl)cc1Br. The predicted octanol–water partition coefficient (Wildman–Crippen LogP) is 5.10. The quantitative estimate of drug-likeness (QED) is 0.612. The fourth-order valence-corrected chi connectivity index (χ4v) is 4.37. The highest BCUT2D eigenvalue weighted by atomic mass is 79.9. The van der Waals surface area contributed by atoms with Crippen molar-refractivity contribution in [1.29, 1.82) is 5.26 Å². The number of allylic oxidation sites excluding steroid dienone is 1. The van der Waals surface area contributed by atoms with E-state index in [1.165, 1.54) is 31.4 Å². The zero-order valence-electron chi connectivity index (χ0n) is 12.3. The number of nitrogens with zero attached hydrogens (tertiary/aromatic N) is 1. The molecule has 0 N–H and O–H groups in total. The second-order valence-electron chi connectivity index (χ2n) is 4.59. The monoisotopic (exact) mass is 445 g/mol. The lowest BCUT2D eigenvalue weighted by atomic mass is 10.2. The van der Waals surface area contributed by atoms with Gasteiger partial charge in [0, 0.05) is 5.02 Å². The molecule has 4 nitrogen and oxygen atoms in total. The molecule has 0 aliphatic carbocycles. The summed E-state index contributed by atoms with van der Waals surface area (Å²) in [7, 11) is -2.58. The molecule has 0 spiro atoms. The van der Waals surface area contributed by atoms with E-state index in [9.17, 15) is 13.7 Å². The lowest BCUT2D eigenvalue weighted by molar-refractivity contribution is 0.412. The molecule has 0 fully saturated rings. The van der Waals surface area contributed by atoms with Gasteiger partial charge < -0.3 is 4.74 Å². The first kappa shape index (κ1) is 18.8. The number of rotatable bonds is 4. The summed E-state index contributed by atoms with van der Waals surface area (Å²) in [4.78, 5) is -0.652. The minimum absolute atomic E-state index is 0.00328. The first-order chi connectivity index (χ1) is 11.3. The van der Waals surface area contributed by atoms with Crippen LogP contribution in [0.25, 0.3) is 6.08 Å². The Kier molecular flexibility index (Phi) is 5.94. The number of hydrogen-bond acceptors (Lipinski definition) is 4. The summed E-state index contributed by atoms with van der Waals surface area (Å²) >= 11 is 15.1. The normalized spacial score (nSPS) is 11.9. The Bertz CT molecular complexity index is 966. The average molecular weight is 447 g/mol. The largest absolute Gasteiger partial charge is 0.496 e. The minimum Gasteiger partial charge on any atom is -0.496 e. The van der Waals surface area contributed by atoms with Crippen molar-refractivity contribution in [1.82, 2.24) is 0 Å². The lowest BCUT2D eigenvalue weighted by Crippen LogP contribution is -2.04. The highest BCUT2D eigenvalue weighted by molar-refractivity contribution is 9.10. The molecule has 0 aliphatic rings. The summed E-state index contributed by atoms with van der Waals surface area (Å²) in [5.74, 6) is 0.589. The third kappa shape index (κ3) is 3.93. The van der Waals surface area contributed by atoms with Gasteiger partial charge in [-0.15, -0.1) is 0 Å². The molecule has 0 bridgehead atoms. The molecule has 0 saturated heterocycles. The van der Waals surface area contributed by atoms with E-state index >= 15 is 0 Å². The van der Waals surface area contributed by atoms with E-state index in [2.05, 4.69) is 15.9 Å². The molecule has 2 aromatic carbocycles. The van der Waals surface area contributed by atoms with Gasteiger partial charge >= 0.3 is 0 Å². The molecular formula is C16H10BrCl2NO3S. The zero-order chi connectivity index (χ0) is 17.9. The van der Waals surface area contributed by atoms with Gasteiger partial charge in [0.2, 0.25) is 9.84 Å². The summed E-state index contributed by atoms with van der Waals surface area (Å²) < 4.78 is 31.1. The average Bonchev–Trinajstić information content (AvgIpc) is 2.54. The molecule has 0 atom stereocenters. The van der Waals surface area contributed by atoms with Crippen LogP contribution in [0.3, 0.4) is 0 Å². The maximum Gasteiger partial charge on any atom is 0.218 e. The third-order valence-electron chi connectivity index (χ3n) is 3.06. The van der Waals surface area contributed by atoms with Gasteiger partial charge in [-0.25, -0.2) is 8.42 Å². The molecule has 0 radical (unpaired) electrons. The molecule has 0 unspecified atom stereocenters. The summed E-state index contributed by atoms with van der Waals surface area (Å²) in [6, 6.07) is 10.7. The second-order valence-corrected chi connectivity index (χ2v) is 8.18. The maximum atomic E-state index is 12.7. The Hall–Kier alpha value is -1.52. The molecular weight excluding hydrogens is 437 g/mol. The van der Waals surface area contributed by atoms with Crippen LogP contribution >= 0.6 is 39.1 Å².